The Morgan fingerprint density at radius 1 is 1.36 bits per heavy atom. The van der Waals surface area contributed by atoms with Gasteiger partial charge in [-0.2, -0.15) is 0 Å². The van der Waals surface area contributed by atoms with Crippen molar-refractivity contribution in [1.29, 1.82) is 0 Å². The number of pyridine rings is 1. The smallest absolute Gasteiger partial charge is 0.263 e. The Hall–Kier alpha value is -2.14. The van der Waals surface area contributed by atoms with Crippen LogP contribution in [0.25, 0.3) is 21.5 Å². The SMILES string of the molecule is CC(C)CN(C)C(=O)c1ccc(-c2ccnc3[nH]ccc23)s1.[HH]. The van der Waals surface area contributed by atoms with E-state index in [2.05, 4.69) is 23.8 Å². The van der Waals surface area contributed by atoms with Crippen LogP contribution in [0.1, 0.15) is 24.9 Å². The molecular formula is C17H21N3OS. The number of hydrogen-bond donors (Lipinski definition) is 1. The molecule has 4 nitrogen and oxygen atoms in total. The van der Waals surface area contributed by atoms with E-state index < -0.39 is 0 Å². The molecular weight excluding hydrogens is 294 g/mol. The highest BCUT2D eigenvalue weighted by Gasteiger charge is 2.16. The molecule has 1 amide bonds. The number of fused-ring (bicyclic) bond motifs is 1. The van der Waals surface area contributed by atoms with Crippen molar-refractivity contribution in [2.24, 2.45) is 5.92 Å². The summed E-state index contributed by atoms with van der Waals surface area (Å²) in [6.07, 6.45) is 3.68. The highest BCUT2D eigenvalue weighted by Crippen LogP contribution is 2.33. The normalized spacial score (nSPS) is 11.3. The predicted octanol–water partition coefficient (Wildman–Crippen LogP) is 4.27. The largest absolute Gasteiger partial charge is 0.346 e. The van der Waals surface area contributed by atoms with Gasteiger partial charge in [0.2, 0.25) is 0 Å². The topological polar surface area (TPSA) is 49.0 Å². The van der Waals surface area contributed by atoms with Crippen LogP contribution in [0.4, 0.5) is 0 Å². The van der Waals surface area contributed by atoms with Crippen molar-refractivity contribution in [2.45, 2.75) is 13.8 Å². The van der Waals surface area contributed by atoms with Gasteiger partial charge >= 0.3 is 0 Å². The van der Waals surface area contributed by atoms with E-state index in [-0.39, 0.29) is 7.33 Å². The minimum atomic E-state index is 0. The molecule has 0 saturated carbocycles. The number of nitrogens with one attached hydrogen (secondary N) is 1. The van der Waals surface area contributed by atoms with Gasteiger partial charge in [0.15, 0.2) is 0 Å². The molecule has 0 spiro atoms. The number of carbonyl (C=O) groups excluding carboxylic acids is 1. The van der Waals surface area contributed by atoms with E-state index in [1.54, 1.807) is 11.1 Å². The number of hydrogen-bond acceptors (Lipinski definition) is 3. The highest BCUT2D eigenvalue weighted by molar-refractivity contribution is 7.17. The molecule has 0 fully saturated rings. The Bertz CT molecular complexity index is 809. The monoisotopic (exact) mass is 315 g/mol. The molecule has 0 aliphatic rings. The second-order valence-corrected chi connectivity index (χ2v) is 6.93. The van der Waals surface area contributed by atoms with Gasteiger partial charge in [0.1, 0.15) is 5.65 Å². The van der Waals surface area contributed by atoms with Gasteiger partial charge in [-0.1, -0.05) is 13.8 Å². The standard InChI is InChI=1S/C17H19N3OS.H2/c1-11(2)10-20(3)17(21)15-5-4-14(22-15)12-6-8-18-16-13(12)7-9-19-16;/h4-9,11H,10H2,1-3H3,(H,18,19);1H. The van der Waals surface area contributed by atoms with Crippen LogP contribution < -0.4 is 0 Å². The molecule has 0 aliphatic heterocycles. The maximum atomic E-state index is 12.5. The summed E-state index contributed by atoms with van der Waals surface area (Å²) in [6.45, 7) is 5.00. The lowest BCUT2D eigenvalue weighted by Gasteiger charge is -2.18. The lowest BCUT2D eigenvalue weighted by Crippen LogP contribution is -2.29. The summed E-state index contributed by atoms with van der Waals surface area (Å²) < 4.78 is 0. The van der Waals surface area contributed by atoms with E-state index in [4.69, 9.17) is 0 Å². The van der Waals surface area contributed by atoms with E-state index >= 15 is 0 Å². The molecule has 0 saturated heterocycles. The van der Waals surface area contributed by atoms with Crippen molar-refractivity contribution in [1.82, 2.24) is 14.9 Å². The first-order chi connectivity index (χ1) is 10.6. The molecule has 0 atom stereocenters. The third-order valence-electron chi connectivity index (χ3n) is 3.53. The second-order valence-electron chi connectivity index (χ2n) is 5.84. The first-order valence-corrected chi connectivity index (χ1v) is 8.15. The number of nitrogens with zero attached hydrogens (tertiary/aromatic N) is 2. The Kier molecular flexibility index (Phi) is 3.98. The second kappa shape index (κ2) is 5.93. The van der Waals surface area contributed by atoms with Crippen molar-refractivity contribution >= 4 is 28.3 Å². The van der Waals surface area contributed by atoms with Gasteiger partial charge < -0.3 is 9.88 Å². The van der Waals surface area contributed by atoms with E-state index in [1.807, 2.05) is 37.5 Å². The zero-order valence-corrected chi connectivity index (χ0v) is 13.8. The van der Waals surface area contributed by atoms with Gasteiger partial charge in [-0.3, -0.25) is 4.79 Å². The van der Waals surface area contributed by atoms with Gasteiger partial charge in [0.25, 0.3) is 5.91 Å². The van der Waals surface area contributed by atoms with Crippen LogP contribution in [0, 0.1) is 5.92 Å². The van der Waals surface area contributed by atoms with Crippen LogP contribution >= 0.6 is 11.3 Å². The molecule has 3 aromatic heterocycles. The van der Waals surface area contributed by atoms with Crippen LogP contribution in [-0.2, 0) is 0 Å². The minimum Gasteiger partial charge on any atom is -0.346 e. The molecule has 0 bridgehead atoms. The molecule has 3 aromatic rings. The zero-order chi connectivity index (χ0) is 15.7. The predicted molar refractivity (Wildman–Crippen MR) is 93.3 cm³/mol. The molecule has 3 rings (SSSR count). The number of rotatable bonds is 4. The summed E-state index contributed by atoms with van der Waals surface area (Å²) in [7, 11) is 1.86. The Balaban J connectivity index is 0.00000192. The van der Waals surface area contributed by atoms with E-state index in [0.717, 1.165) is 32.9 Å². The summed E-state index contributed by atoms with van der Waals surface area (Å²) in [6, 6.07) is 7.94. The Morgan fingerprint density at radius 3 is 2.95 bits per heavy atom. The zero-order valence-electron chi connectivity index (χ0n) is 13.0. The lowest BCUT2D eigenvalue weighted by molar-refractivity contribution is 0.0784. The average Bonchev–Trinajstić information content (AvgIpc) is 3.14. The van der Waals surface area contributed by atoms with E-state index in [1.165, 1.54) is 11.3 Å². The van der Waals surface area contributed by atoms with Crippen LogP contribution in [-0.4, -0.2) is 34.4 Å². The number of carbonyl (C=O) groups is 1. The number of amides is 1. The summed E-state index contributed by atoms with van der Waals surface area (Å²) in [4.78, 5) is 23.5. The van der Waals surface area contributed by atoms with Crippen molar-refractivity contribution in [3.05, 3.63) is 41.5 Å². The molecule has 0 radical (unpaired) electrons. The van der Waals surface area contributed by atoms with Gasteiger partial charge in [-0.15, -0.1) is 11.3 Å². The van der Waals surface area contributed by atoms with Crippen LogP contribution in [0.5, 0.6) is 0 Å². The van der Waals surface area contributed by atoms with Crippen molar-refractivity contribution in [3.8, 4) is 10.4 Å². The molecule has 22 heavy (non-hydrogen) atoms. The Labute approximate surface area is 135 Å². The fourth-order valence-electron chi connectivity index (χ4n) is 2.59. The minimum absolute atomic E-state index is 0. The summed E-state index contributed by atoms with van der Waals surface area (Å²) in [5.74, 6) is 0.553. The quantitative estimate of drug-likeness (QED) is 0.782. The molecule has 0 aromatic carbocycles. The number of H-pyrrole nitrogens is 1. The molecule has 5 heteroatoms. The van der Waals surface area contributed by atoms with Gasteiger partial charge in [0, 0.05) is 43.2 Å². The molecule has 0 unspecified atom stereocenters. The van der Waals surface area contributed by atoms with Crippen LogP contribution in [0.2, 0.25) is 0 Å². The summed E-state index contributed by atoms with van der Waals surface area (Å²) in [5.41, 5.74) is 1.98. The van der Waals surface area contributed by atoms with Gasteiger partial charge in [-0.05, 0) is 30.2 Å². The van der Waals surface area contributed by atoms with E-state index in [9.17, 15) is 4.79 Å². The molecule has 1 N–H and O–H groups in total. The highest BCUT2D eigenvalue weighted by atomic mass is 32.1. The first kappa shape index (κ1) is 14.8. The Morgan fingerprint density at radius 2 is 2.18 bits per heavy atom. The van der Waals surface area contributed by atoms with Crippen LogP contribution in [0.15, 0.2) is 36.7 Å². The van der Waals surface area contributed by atoms with Crippen molar-refractivity contribution in [3.63, 3.8) is 0 Å². The molecule has 3 heterocycles. The summed E-state index contributed by atoms with van der Waals surface area (Å²) in [5, 5.41) is 1.08. The number of thiophene rings is 1. The average molecular weight is 315 g/mol. The van der Waals surface area contributed by atoms with Gasteiger partial charge in [0.05, 0.1) is 4.88 Å². The first-order valence-electron chi connectivity index (χ1n) is 7.34. The van der Waals surface area contributed by atoms with E-state index in [0.29, 0.717) is 5.92 Å². The number of aromatic amines is 1. The number of aromatic nitrogens is 2. The van der Waals surface area contributed by atoms with Crippen molar-refractivity contribution < 1.29 is 6.22 Å². The van der Waals surface area contributed by atoms with Gasteiger partial charge in [-0.25, -0.2) is 4.98 Å². The lowest BCUT2D eigenvalue weighted by atomic mass is 10.1. The third-order valence-corrected chi connectivity index (χ3v) is 4.63. The van der Waals surface area contributed by atoms with Crippen molar-refractivity contribution in [2.75, 3.05) is 13.6 Å². The maximum Gasteiger partial charge on any atom is 0.263 e. The third kappa shape index (κ3) is 2.76. The molecule has 116 valence electrons. The fourth-order valence-corrected chi connectivity index (χ4v) is 3.63. The molecule has 0 aliphatic carbocycles. The summed E-state index contributed by atoms with van der Waals surface area (Å²) >= 11 is 1.53. The fraction of sp³-hybridized carbons (Fsp3) is 0.294. The maximum absolute atomic E-state index is 12.5. The van der Waals surface area contributed by atoms with Crippen LogP contribution in [0.3, 0.4) is 0 Å².